The molecule has 1 fully saturated rings. The van der Waals surface area contributed by atoms with Gasteiger partial charge in [0.2, 0.25) is 0 Å². The molecule has 2 aromatic heterocycles. The quantitative estimate of drug-likeness (QED) is 0.731. The third kappa shape index (κ3) is 4.06. The van der Waals surface area contributed by atoms with Crippen LogP contribution in [0.2, 0.25) is 0 Å². The summed E-state index contributed by atoms with van der Waals surface area (Å²) in [4.78, 5) is 22.9. The highest BCUT2D eigenvalue weighted by molar-refractivity contribution is 5.75. The van der Waals surface area contributed by atoms with E-state index >= 15 is 0 Å². The van der Waals surface area contributed by atoms with Gasteiger partial charge in [-0.05, 0) is 18.6 Å². The predicted molar refractivity (Wildman–Crippen MR) is 104 cm³/mol. The Morgan fingerprint density at radius 2 is 2.11 bits per heavy atom. The second-order valence-electron chi connectivity index (χ2n) is 6.57. The maximum Gasteiger partial charge on any atom is 0.268 e. The number of benzene rings is 1. The number of morpholine rings is 1. The van der Waals surface area contributed by atoms with Crippen molar-refractivity contribution in [1.29, 1.82) is 0 Å². The van der Waals surface area contributed by atoms with Gasteiger partial charge in [-0.25, -0.2) is 9.67 Å². The number of fused-ring (bicyclic) bond motifs is 1. The second kappa shape index (κ2) is 7.71. The van der Waals surface area contributed by atoms with Crippen LogP contribution in [0.4, 0.5) is 11.5 Å². The van der Waals surface area contributed by atoms with Crippen LogP contribution in [0.25, 0.3) is 11.0 Å². The van der Waals surface area contributed by atoms with Crippen LogP contribution in [-0.4, -0.2) is 52.1 Å². The predicted octanol–water partition coefficient (Wildman–Crippen LogP) is 1.43. The van der Waals surface area contributed by atoms with Crippen LogP contribution in [-0.2, 0) is 11.8 Å². The van der Waals surface area contributed by atoms with Crippen LogP contribution in [0, 0.1) is 0 Å². The molecule has 1 aliphatic heterocycles. The molecule has 140 valence electrons. The Morgan fingerprint density at radius 3 is 2.96 bits per heavy atom. The number of hydrogen-bond acceptors (Lipinski definition) is 7. The van der Waals surface area contributed by atoms with Crippen molar-refractivity contribution in [2.75, 3.05) is 36.5 Å². The van der Waals surface area contributed by atoms with E-state index < -0.39 is 0 Å². The van der Waals surface area contributed by atoms with Gasteiger partial charge in [-0.1, -0.05) is 12.1 Å². The summed E-state index contributed by atoms with van der Waals surface area (Å²) in [6, 6.07) is 9.43. The third-order valence-electron chi connectivity index (χ3n) is 4.68. The molecule has 1 atom stereocenters. The summed E-state index contributed by atoms with van der Waals surface area (Å²) >= 11 is 0. The molecular formula is C19H22N6O2. The Hall–Kier alpha value is -3.00. The SMILES string of the molecule is Cn1ncc(N2CCO[C@H](CCNc3cnc4ccccc4n3)C2)cc1=O. The van der Waals surface area contributed by atoms with Gasteiger partial charge in [-0.3, -0.25) is 9.78 Å². The van der Waals surface area contributed by atoms with Crippen molar-refractivity contribution in [3.05, 3.63) is 53.1 Å². The molecule has 0 unspecified atom stereocenters. The summed E-state index contributed by atoms with van der Waals surface area (Å²) in [6.45, 7) is 2.87. The monoisotopic (exact) mass is 366 g/mol. The highest BCUT2D eigenvalue weighted by Crippen LogP contribution is 2.17. The molecule has 0 bridgehead atoms. The average Bonchev–Trinajstić information content (AvgIpc) is 2.70. The molecule has 8 heteroatoms. The Labute approximate surface area is 156 Å². The van der Waals surface area contributed by atoms with E-state index in [1.54, 1.807) is 25.5 Å². The molecule has 3 heterocycles. The van der Waals surface area contributed by atoms with Gasteiger partial charge in [0.15, 0.2) is 0 Å². The first-order chi connectivity index (χ1) is 13.2. The average molecular weight is 366 g/mol. The van der Waals surface area contributed by atoms with Crippen LogP contribution in [0.1, 0.15) is 6.42 Å². The first-order valence-corrected chi connectivity index (χ1v) is 9.04. The molecular weight excluding hydrogens is 344 g/mol. The molecule has 0 amide bonds. The van der Waals surface area contributed by atoms with E-state index in [0.29, 0.717) is 6.61 Å². The molecule has 0 spiro atoms. The number of aromatic nitrogens is 4. The molecule has 4 rings (SSSR count). The fraction of sp³-hybridized carbons (Fsp3) is 0.368. The van der Waals surface area contributed by atoms with Gasteiger partial charge in [0.05, 0.1) is 41.8 Å². The van der Waals surface area contributed by atoms with Crippen LogP contribution >= 0.6 is 0 Å². The number of para-hydroxylation sites is 2. The summed E-state index contributed by atoms with van der Waals surface area (Å²) < 4.78 is 7.20. The maximum atomic E-state index is 11.8. The zero-order chi connectivity index (χ0) is 18.6. The first kappa shape index (κ1) is 17.4. The standard InChI is InChI=1S/C19H22N6O2/c1-24-19(26)10-14(11-22-24)25-8-9-27-15(13-25)6-7-20-18-12-21-16-4-2-3-5-17(16)23-18/h2-5,10-12,15H,6-9,13H2,1H3,(H,20,23)/t15-/m1/s1. The highest BCUT2D eigenvalue weighted by Gasteiger charge is 2.21. The van der Waals surface area contributed by atoms with E-state index in [4.69, 9.17) is 4.74 Å². The largest absolute Gasteiger partial charge is 0.374 e. The van der Waals surface area contributed by atoms with Gasteiger partial charge in [-0.15, -0.1) is 0 Å². The van der Waals surface area contributed by atoms with E-state index in [2.05, 4.69) is 25.3 Å². The van der Waals surface area contributed by atoms with Gasteiger partial charge in [0.25, 0.3) is 5.56 Å². The number of ether oxygens (including phenoxy) is 1. The summed E-state index contributed by atoms with van der Waals surface area (Å²) in [7, 11) is 1.65. The van der Waals surface area contributed by atoms with Crippen molar-refractivity contribution in [3.63, 3.8) is 0 Å². The zero-order valence-corrected chi connectivity index (χ0v) is 15.2. The lowest BCUT2D eigenvalue weighted by Gasteiger charge is -2.34. The van der Waals surface area contributed by atoms with Gasteiger partial charge >= 0.3 is 0 Å². The van der Waals surface area contributed by atoms with E-state index in [1.165, 1.54) is 4.68 Å². The van der Waals surface area contributed by atoms with E-state index in [0.717, 1.165) is 48.6 Å². The summed E-state index contributed by atoms with van der Waals surface area (Å²) in [5, 5.41) is 7.42. The van der Waals surface area contributed by atoms with E-state index in [1.807, 2.05) is 24.3 Å². The minimum absolute atomic E-state index is 0.0868. The van der Waals surface area contributed by atoms with Crippen molar-refractivity contribution in [2.45, 2.75) is 12.5 Å². The fourth-order valence-corrected chi connectivity index (χ4v) is 3.16. The number of nitrogens with zero attached hydrogens (tertiary/aromatic N) is 5. The van der Waals surface area contributed by atoms with E-state index in [-0.39, 0.29) is 11.7 Å². The fourth-order valence-electron chi connectivity index (χ4n) is 3.16. The Balaban J connectivity index is 1.33. The van der Waals surface area contributed by atoms with Crippen molar-refractivity contribution in [1.82, 2.24) is 19.7 Å². The van der Waals surface area contributed by atoms with Gasteiger partial charge in [-0.2, -0.15) is 5.10 Å². The highest BCUT2D eigenvalue weighted by atomic mass is 16.5. The van der Waals surface area contributed by atoms with Crippen molar-refractivity contribution < 1.29 is 4.74 Å². The lowest BCUT2D eigenvalue weighted by molar-refractivity contribution is 0.0374. The second-order valence-corrected chi connectivity index (χ2v) is 6.57. The zero-order valence-electron chi connectivity index (χ0n) is 15.2. The molecule has 8 nitrogen and oxygen atoms in total. The number of hydrogen-bond donors (Lipinski definition) is 1. The van der Waals surface area contributed by atoms with Gasteiger partial charge in [0, 0.05) is 32.7 Å². The molecule has 0 saturated carbocycles. The van der Waals surface area contributed by atoms with Crippen LogP contribution in [0.5, 0.6) is 0 Å². The number of rotatable bonds is 5. The summed E-state index contributed by atoms with van der Waals surface area (Å²) in [5.74, 6) is 0.761. The topological polar surface area (TPSA) is 85.2 Å². The Morgan fingerprint density at radius 1 is 1.26 bits per heavy atom. The van der Waals surface area contributed by atoms with Crippen molar-refractivity contribution in [2.24, 2.45) is 7.05 Å². The number of nitrogens with one attached hydrogen (secondary N) is 1. The first-order valence-electron chi connectivity index (χ1n) is 9.04. The number of anilines is 2. The molecule has 1 saturated heterocycles. The Kier molecular flexibility index (Phi) is 4.97. The van der Waals surface area contributed by atoms with Crippen molar-refractivity contribution >= 4 is 22.5 Å². The van der Waals surface area contributed by atoms with Crippen LogP contribution < -0.4 is 15.8 Å². The smallest absolute Gasteiger partial charge is 0.268 e. The number of aryl methyl sites for hydroxylation is 1. The summed E-state index contributed by atoms with van der Waals surface area (Å²) in [6.07, 6.45) is 4.40. The normalized spacial score (nSPS) is 17.2. The molecule has 3 aromatic rings. The van der Waals surface area contributed by atoms with Gasteiger partial charge in [0.1, 0.15) is 5.82 Å². The van der Waals surface area contributed by atoms with Crippen LogP contribution in [0.3, 0.4) is 0 Å². The minimum Gasteiger partial charge on any atom is -0.374 e. The molecule has 1 aliphatic rings. The molecule has 27 heavy (non-hydrogen) atoms. The molecule has 0 radical (unpaired) electrons. The van der Waals surface area contributed by atoms with Crippen molar-refractivity contribution in [3.8, 4) is 0 Å². The Bertz CT molecular complexity index is 989. The van der Waals surface area contributed by atoms with Crippen LogP contribution in [0.15, 0.2) is 47.5 Å². The molecule has 0 aliphatic carbocycles. The minimum atomic E-state index is -0.105. The lowest BCUT2D eigenvalue weighted by atomic mass is 10.2. The summed E-state index contributed by atoms with van der Waals surface area (Å²) in [5.41, 5.74) is 2.50. The van der Waals surface area contributed by atoms with Gasteiger partial charge < -0.3 is 15.0 Å². The third-order valence-corrected chi connectivity index (χ3v) is 4.68. The lowest BCUT2D eigenvalue weighted by Crippen LogP contribution is -2.43. The van der Waals surface area contributed by atoms with E-state index in [9.17, 15) is 4.79 Å². The molecule has 1 N–H and O–H groups in total. The molecule has 1 aromatic carbocycles. The maximum absolute atomic E-state index is 11.8.